The lowest BCUT2D eigenvalue weighted by molar-refractivity contribution is -0.142. The maximum absolute atomic E-state index is 11.9. The highest BCUT2D eigenvalue weighted by Gasteiger charge is 2.14. The zero-order valence-corrected chi connectivity index (χ0v) is 13.3. The van der Waals surface area contributed by atoms with Crippen LogP contribution in [0.1, 0.15) is 25.8 Å². The molecule has 0 aliphatic carbocycles. The van der Waals surface area contributed by atoms with Crippen LogP contribution in [-0.2, 0) is 20.9 Å². The van der Waals surface area contributed by atoms with Crippen LogP contribution in [0.5, 0.6) is 5.75 Å². The number of hydrogen-bond acceptors (Lipinski definition) is 5. The Morgan fingerprint density at radius 1 is 1.32 bits per heavy atom. The van der Waals surface area contributed by atoms with Gasteiger partial charge in [-0.05, 0) is 30.0 Å². The molecule has 0 unspecified atom stereocenters. The van der Waals surface area contributed by atoms with Gasteiger partial charge in [0.05, 0.1) is 13.2 Å². The summed E-state index contributed by atoms with van der Waals surface area (Å²) in [5.74, 6) is 0.298. The molecule has 1 amide bonds. The van der Waals surface area contributed by atoms with Crippen molar-refractivity contribution in [2.45, 2.75) is 32.9 Å². The van der Waals surface area contributed by atoms with E-state index in [4.69, 9.17) is 10.5 Å². The minimum absolute atomic E-state index is 0.147. The summed E-state index contributed by atoms with van der Waals surface area (Å²) in [6.45, 7) is 4.26. The maximum Gasteiger partial charge on any atom is 0.343 e. The monoisotopic (exact) mass is 308 g/mol. The van der Waals surface area contributed by atoms with Gasteiger partial charge in [0.1, 0.15) is 5.75 Å². The van der Waals surface area contributed by atoms with E-state index in [1.54, 1.807) is 18.2 Å². The molecule has 0 fully saturated rings. The van der Waals surface area contributed by atoms with E-state index in [2.05, 4.69) is 10.1 Å². The van der Waals surface area contributed by atoms with Crippen molar-refractivity contribution in [2.75, 3.05) is 13.7 Å². The zero-order chi connectivity index (χ0) is 16.5. The van der Waals surface area contributed by atoms with E-state index >= 15 is 0 Å². The van der Waals surface area contributed by atoms with Crippen LogP contribution in [0.25, 0.3) is 0 Å². The van der Waals surface area contributed by atoms with Crippen LogP contribution in [0.3, 0.4) is 0 Å². The Morgan fingerprint density at radius 2 is 2.05 bits per heavy atom. The number of rotatable bonds is 8. The molecule has 3 N–H and O–H groups in total. The van der Waals surface area contributed by atoms with Gasteiger partial charge in [0.2, 0.25) is 5.91 Å². The van der Waals surface area contributed by atoms with E-state index in [-0.39, 0.29) is 12.5 Å². The second-order valence-electron chi connectivity index (χ2n) is 5.47. The molecule has 0 radical (unpaired) electrons. The fourth-order valence-corrected chi connectivity index (χ4v) is 1.88. The van der Waals surface area contributed by atoms with E-state index in [0.29, 0.717) is 24.6 Å². The lowest BCUT2D eigenvalue weighted by Gasteiger charge is -2.14. The van der Waals surface area contributed by atoms with Crippen LogP contribution in [0.2, 0.25) is 0 Å². The molecule has 0 bridgehead atoms. The Balaban J connectivity index is 2.49. The van der Waals surface area contributed by atoms with Crippen LogP contribution in [-0.4, -0.2) is 31.6 Å². The average molecular weight is 308 g/mol. The highest BCUT2D eigenvalue weighted by Crippen LogP contribution is 2.13. The van der Waals surface area contributed by atoms with Crippen LogP contribution >= 0.6 is 0 Å². The van der Waals surface area contributed by atoms with Crippen LogP contribution in [0.4, 0.5) is 0 Å². The first-order valence-electron chi connectivity index (χ1n) is 7.24. The lowest BCUT2D eigenvalue weighted by atomic mass is 10.0. The largest absolute Gasteiger partial charge is 0.482 e. The highest BCUT2D eigenvalue weighted by atomic mass is 16.6. The first kappa shape index (κ1) is 18.0. The Bertz CT molecular complexity index is 503. The normalized spacial score (nSPS) is 11.9. The Labute approximate surface area is 131 Å². The van der Waals surface area contributed by atoms with Crippen molar-refractivity contribution in [3.05, 3.63) is 29.8 Å². The molecule has 1 atom stereocenters. The van der Waals surface area contributed by atoms with Crippen molar-refractivity contribution in [1.29, 1.82) is 0 Å². The van der Waals surface area contributed by atoms with Gasteiger partial charge in [-0.2, -0.15) is 0 Å². The van der Waals surface area contributed by atoms with Gasteiger partial charge in [0.15, 0.2) is 6.61 Å². The van der Waals surface area contributed by atoms with Gasteiger partial charge in [-0.1, -0.05) is 26.0 Å². The summed E-state index contributed by atoms with van der Waals surface area (Å²) in [7, 11) is 1.30. The number of nitrogens with two attached hydrogens (primary N) is 1. The van der Waals surface area contributed by atoms with Crippen LogP contribution in [0.15, 0.2) is 24.3 Å². The molecule has 1 aromatic rings. The number of nitrogens with one attached hydrogen (secondary N) is 1. The predicted molar refractivity (Wildman–Crippen MR) is 83.2 cm³/mol. The molecule has 0 spiro atoms. The smallest absolute Gasteiger partial charge is 0.343 e. The third kappa shape index (κ3) is 6.58. The summed E-state index contributed by atoms with van der Waals surface area (Å²) >= 11 is 0. The summed E-state index contributed by atoms with van der Waals surface area (Å²) in [5, 5.41) is 2.80. The molecule has 0 heterocycles. The fourth-order valence-electron chi connectivity index (χ4n) is 1.88. The maximum atomic E-state index is 11.9. The number of methoxy groups -OCH3 is 1. The molecule has 0 aliphatic heterocycles. The Kier molecular flexibility index (Phi) is 7.39. The van der Waals surface area contributed by atoms with E-state index < -0.39 is 12.0 Å². The molecular weight excluding hydrogens is 284 g/mol. The summed E-state index contributed by atoms with van der Waals surface area (Å²) in [4.78, 5) is 22.9. The van der Waals surface area contributed by atoms with Gasteiger partial charge < -0.3 is 20.5 Å². The average Bonchev–Trinajstić information content (AvgIpc) is 2.49. The standard InChI is InChI=1S/C16H24N2O4/c1-11(2)7-14(17)16(20)18-9-12-5-4-6-13(8-12)22-10-15(19)21-3/h4-6,8,11,14H,7,9-10,17H2,1-3H3,(H,18,20)/t14-/m0/s1. The molecule has 0 saturated heterocycles. The van der Waals surface area contributed by atoms with Crippen molar-refractivity contribution in [2.24, 2.45) is 11.7 Å². The molecule has 0 saturated carbocycles. The minimum atomic E-state index is -0.501. The molecule has 122 valence electrons. The van der Waals surface area contributed by atoms with Crippen LogP contribution in [0, 0.1) is 5.92 Å². The Morgan fingerprint density at radius 3 is 2.68 bits per heavy atom. The van der Waals surface area contributed by atoms with Crippen LogP contribution < -0.4 is 15.8 Å². The van der Waals surface area contributed by atoms with Crippen molar-refractivity contribution in [3.63, 3.8) is 0 Å². The van der Waals surface area contributed by atoms with Gasteiger partial charge in [0, 0.05) is 6.54 Å². The summed E-state index contributed by atoms with van der Waals surface area (Å²) in [5.41, 5.74) is 6.69. The van der Waals surface area contributed by atoms with Gasteiger partial charge in [0.25, 0.3) is 0 Å². The quantitative estimate of drug-likeness (QED) is 0.705. The molecule has 0 aliphatic rings. The lowest BCUT2D eigenvalue weighted by Crippen LogP contribution is -2.41. The molecule has 6 nitrogen and oxygen atoms in total. The molecule has 22 heavy (non-hydrogen) atoms. The van der Waals surface area contributed by atoms with Crippen molar-refractivity contribution >= 4 is 11.9 Å². The van der Waals surface area contributed by atoms with Gasteiger partial charge in [-0.15, -0.1) is 0 Å². The SMILES string of the molecule is COC(=O)COc1cccc(CNC(=O)[C@@H](N)CC(C)C)c1. The number of esters is 1. The molecule has 1 rings (SSSR count). The topological polar surface area (TPSA) is 90.6 Å². The molecule has 6 heteroatoms. The summed E-state index contributed by atoms with van der Waals surface area (Å²) < 4.78 is 9.80. The first-order valence-corrected chi connectivity index (χ1v) is 7.24. The van der Waals surface area contributed by atoms with E-state index in [0.717, 1.165) is 5.56 Å². The molecule has 1 aromatic carbocycles. The summed E-state index contributed by atoms with van der Waals surface area (Å²) in [6, 6.07) is 6.65. The van der Waals surface area contributed by atoms with Gasteiger partial charge in [-0.25, -0.2) is 4.79 Å². The zero-order valence-electron chi connectivity index (χ0n) is 13.3. The van der Waals surface area contributed by atoms with E-state index in [1.165, 1.54) is 7.11 Å². The second kappa shape index (κ2) is 9.04. The number of benzene rings is 1. The number of amides is 1. The summed E-state index contributed by atoms with van der Waals surface area (Å²) in [6.07, 6.45) is 0.647. The first-order chi connectivity index (χ1) is 10.4. The number of hydrogen-bond donors (Lipinski definition) is 2. The van der Waals surface area contributed by atoms with Crippen molar-refractivity contribution in [1.82, 2.24) is 5.32 Å². The van der Waals surface area contributed by atoms with E-state index in [9.17, 15) is 9.59 Å². The number of carbonyl (C=O) groups excluding carboxylic acids is 2. The molecule has 0 aromatic heterocycles. The fraction of sp³-hybridized carbons (Fsp3) is 0.500. The van der Waals surface area contributed by atoms with Crippen molar-refractivity contribution in [3.8, 4) is 5.75 Å². The number of ether oxygens (including phenoxy) is 2. The minimum Gasteiger partial charge on any atom is -0.482 e. The van der Waals surface area contributed by atoms with Gasteiger partial charge >= 0.3 is 5.97 Å². The van der Waals surface area contributed by atoms with E-state index in [1.807, 2.05) is 19.9 Å². The third-order valence-corrected chi connectivity index (χ3v) is 3.01. The van der Waals surface area contributed by atoms with Gasteiger partial charge in [-0.3, -0.25) is 4.79 Å². The predicted octanol–water partition coefficient (Wildman–Crippen LogP) is 1.23. The second-order valence-corrected chi connectivity index (χ2v) is 5.47. The number of carbonyl (C=O) groups is 2. The Hall–Kier alpha value is -2.08. The van der Waals surface area contributed by atoms with Crippen molar-refractivity contribution < 1.29 is 19.1 Å². The molecular formula is C16H24N2O4. The highest BCUT2D eigenvalue weighted by molar-refractivity contribution is 5.81. The third-order valence-electron chi connectivity index (χ3n) is 3.01.